The van der Waals surface area contributed by atoms with E-state index in [0.29, 0.717) is 0 Å². The Labute approximate surface area is 105 Å². The first-order valence-electron chi connectivity index (χ1n) is 7.37. The lowest BCUT2D eigenvalue weighted by molar-refractivity contribution is 0.201. The molecule has 0 bridgehead atoms. The molecule has 17 heavy (non-hydrogen) atoms. The Kier molecular flexibility index (Phi) is 3.22. The maximum atomic E-state index is 3.25. The molecule has 3 unspecified atom stereocenters. The molecule has 0 heteroatoms. The van der Waals surface area contributed by atoms with Gasteiger partial charge < -0.3 is 0 Å². The van der Waals surface area contributed by atoms with Crippen LogP contribution in [0.4, 0.5) is 0 Å². The molecule has 0 aromatic heterocycles. The normalized spacial score (nSPS) is 31.7. The average molecular weight is 227 g/mol. The third-order valence-corrected chi connectivity index (χ3v) is 4.96. The summed E-state index contributed by atoms with van der Waals surface area (Å²) in [6.45, 7) is 2.33. The standard InChI is InChI=1S/C17H23/c1-2-5-13-8-11-17-15(12-13)10-9-14-6-3-4-7-16(14)17/h4,6-7,13,15,17H,2,5,8-12H2,1H3. The van der Waals surface area contributed by atoms with Crippen LogP contribution in [-0.4, -0.2) is 0 Å². The largest absolute Gasteiger partial charge is 0.0654 e. The van der Waals surface area contributed by atoms with Crippen molar-refractivity contribution in [2.45, 2.75) is 57.8 Å². The van der Waals surface area contributed by atoms with Crippen LogP contribution in [0.5, 0.6) is 0 Å². The fraction of sp³-hybridized carbons (Fsp3) is 0.647. The van der Waals surface area contributed by atoms with Crippen LogP contribution >= 0.6 is 0 Å². The van der Waals surface area contributed by atoms with Gasteiger partial charge in [0, 0.05) is 0 Å². The minimum absolute atomic E-state index is 0.876. The third kappa shape index (κ3) is 2.14. The first kappa shape index (κ1) is 11.3. The SMILES string of the molecule is CCCC1CCC2c3cc[c]cc3CCC2C1. The van der Waals surface area contributed by atoms with Crippen molar-refractivity contribution < 1.29 is 0 Å². The molecule has 0 aliphatic heterocycles. The van der Waals surface area contributed by atoms with Crippen LogP contribution in [0, 0.1) is 17.9 Å². The van der Waals surface area contributed by atoms with Gasteiger partial charge in [-0.2, -0.15) is 0 Å². The summed E-state index contributed by atoms with van der Waals surface area (Å²) in [6, 6.07) is 9.92. The van der Waals surface area contributed by atoms with Crippen LogP contribution in [0.25, 0.3) is 0 Å². The summed E-state index contributed by atoms with van der Waals surface area (Å²) >= 11 is 0. The summed E-state index contributed by atoms with van der Waals surface area (Å²) in [7, 11) is 0. The molecule has 3 atom stereocenters. The van der Waals surface area contributed by atoms with Gasteiger partial charge in [-0.15, -0.1) is 0 Å². The van der Waals surface area contributed by atoms with E-state index < -0.39 is 0 Å². The van der Waals surface area contributed by atoms with Crippen molar-refractivity contribution in [3.05, 3.63) is 35.4 Å². The average Bonchev–Trinajstić information content (AvgIpc) is 2.39. The predicted octanol–water partition coefficient (Wildman–Crippen LogP) is 4.73. The molecule has 1 aromatic rings. The molecule has 1 saturated carbocycles. The lowest BCUT2D eigenvalue weighted by Gasteiger charge is -2.40. The molecule has 1 radical (unpaired) electrons. The van der Waals surface area contributed by atoms with Crippen LogP contribution < -0.4 is 0 Å². The van der Waals surface area contributed by atoms with Gasteiger partial charge in [0.25, 0.3) is 0 Å². The zero-order chi connectivity index (χ0) is 11.7. The van der Waals surface area contributed by atoms with Crippen LogP contribution in [0.1, 0.15) is 62.5 Å². The van der Waals surface area contributed by atoms with Crippen molar-refractivity contribution in [2.75, 3.05) is 0 Å². The quantitative estimate of drug-likeness (QED) is 0.685. The van der Waals surface area contributed by atoms with Gasteiger partial charge >= 0.3 is 0 Å². The second-order valence-electron chi connectivity index (χ2n) is 6.00. The monoisotopic (exact) mass is 227 g/mol. The molecule has 91 valence electrons. The number of rotatable bonds is 2. The van der Waals surface area contributed by atoms with Gasteiger partial charge in [-0.3, -0.25) is 0 Å². The van der Waals surface area contributed by atoms with Crippen molar-refractivity contribution in [1.29, 1.82) is 0 Å². The molecule has 3 rings (SSSR count). The van der Waals surface area contributed by atoms with Gasteiger partial charge in [-0.25, -0.2) is 0 Å². The molecule has 0 spiro atoms. The van der Waals surface area contributed by atoms with Crippen molar-refractivity contribution in [1.82, 2.24) is 0 Å². The molecule has 1 aromatic carbocycles. The second kappa shape index (κ2) is 4.84. The third-order valence-electron chi connectivity index (χ3n) is 4.96. The molecule has 0 heterocycles. The van der Waals surface area contributed by atoms with Crippen molar-refractivity contribution in [3.8, 4) is 0 Å². The summed E-state index contributed by atoms with van der Waals surface area (Å²) in [5, 5.41) is 0. The Morgan fingerprint density at radius 1 is 1.29 bits per heavy atom. The van der Waals surface area contributed by atoms with E-state index in [-0.39, 0.29) is 0 Å². The van der Waals surface area contributed by atoms with Gasteiger partial charge in [0.05, 0.1) is 0 Å². The highest BCUT2D eigenvalue weighted by molar-refractivity contribution is 5.33. The maximum Gasteiger partial charge on any atom is -0.0131 e. The van der Waals surface area contributed by atoms with Crippen LogP contribution in [0.2, 0.25) is 0 Å². The number of aryl methyl sites for hydroxylation is 1. The highest BCUT2D eigenvalue weighted by Gasteiger charge is 2.34. The van der Waals surface area contributed by atoms with Crippen LogP contribution in [0.3, 0.4) is 0 Å². The van der Waals surface area contributed by atoms with E-state index in [4.69, 9.17) is 0 Å². The molecule has 0 nitrogen and oxygen atoms in total. The Morgan fingerprint density at radius 3 is 3.12 bits per heavy atom. The van der Waals surface area contributed by atoms with Crippen molar-refractivity contribution in [2.24, 2.45) is 11.8 Å². The molecule has 2 aliphatic carbocycles. The fourth-order valence-corrected chi connectivity index (χ4v) is 4.16. The first-order valence-corrected chi connectivity index (χ1v) is 7.37. The molecular formula is C17H23. The molecule has 1 fully saturated rings. The van der Waals surface area contributed by atoms with Crippen LogP contribution in [0.15, 0.2) is 18.2 Å². The molecule has 2 aliphatic rings. The number of hydrogen-bond donors (Lipinski definition) is 0. The maximum absolute atomic E-state index is 3.25. The molecular weight excluding hydrogens is 204 g/mol. The lowest BCUT2D eigenvalue weighted by Crippen LogP contribution is -2.28. The summed E-state index contributed by atoms with van der Waals surface area (Å²) in [4.78, 5) is 0. The van der Waals surface area contributed by atoms with Crippen LogP contribution in [-0.2, 0) is 6.42 Å². The van der Waals surface area contributed by atoms with Gasteiger partial charge in [-0.05, 0) is 67.1 Å². The highest BCUT2D eigenvalue weighted by Crippen LogP contribution is 2.47. The summed E-state index contributed by atoms with van der Waals surface area (Å²) in [5.41, 5.74) is 3.25. The topological polar surface area (TPSA) is 0 Å². The van der Waals surface area contributed by atoms with Gasteiger partial charge in [0.15, 0.2) is 0 Å². The summed E-state index contributed by atoms with van der Waals surface area (Å²) < 4.78 is 0. The van der Waals surface area contributed by atoms with Crippen molar-refractivity contribution >= 4 is 0 Å². The van der Waals surface area contributed by atoms with Gasteiger partial charge in [0.2, 0.25) is 0 Å². The number of benzene rings is 1. The van der Waals surface area contributed by atoms with Crippen molar-refractivity contribution in [3.63, 3.8) is 0 Å². The number of hydrogen-bond acceptors (Lipinski definition) is 0. The van der Waals surface area contributed by atoms with E-state index in [0.717, 1.165) is 17.8 Å². The van der Waals surface area contributed by atoms with E-state index in [1.165, 1.54) is 44.9 Å². The van der Waals surface area contributed by atoms with Gasteiger partial charge in [0.1, 0.15) is 0 Å². The molecule has 0 N–H and O–H groups in total. The van der Waals surface area contributed by atoms with E-state index in [9.17, 15) is 0 Å². The summed E-state index contributed by atoms with van der Waals surface area (Å²) in [5.74, 6) is 2.88. The Hall–Kier alpha value is -0.780. The van der Waals surface area contributed by atoms with E-state index in [2.05, 4.69) is 31.2 Å². The molecule has 0 saturated heterocycles. The first-order chi connectivity index (χ1) is 8.38. The minimum atomic E-state index is 0.876. The Balaban J connectivity index is 1.78. The van der Waals surface area contributed by atoms with E-state index >= 15 is 0 Å². The Bertz CT molecular complexity index is 379. The number of fused-ring (bicyclic) bond motifs is 3. The zero-order valence-electron chi connectivity index (χ0n) is 10.9. The summed E-state index contributed by atoms with van der Waals surface area (Å²) in [6.07, 6.45) is 9.95. The molecule has 0 amide bonds. The zero-order valence-corrected chi connectivity index (χ0v) is 10.9. The minimum Gasteiger partial charge on any atom is -0.0654 e. The predicted molar refractivity (Wildman–Crippen MR) is 72.1 cm³/mol. The smallest absolute Gasteiger partial charge is 0.0131 e. The Morgan fingerprint density at radius 2 is 2.24 bits per heavy atom. The van der Waals surface area contributed by atoms with E-state index in [1.807, 2.05) is 0 Å². The van der Waals surface area contributed by atoms with E-state index in [1.54, 1.807) is 11.1 Å². The lowest BCUT2D eigenvalue weighted by atomic mass is 9.65. The fourth-order valence-electron chi connectivity index (χ4n) is 4.16. The van der Waals surface area contributed by atoms with Gasteiger partial charge in [-0.1, -0.05) is 38.0 Å². The second-order valence-corrected chi connectivity index (χ2v) is 6.00. The highest BCUT2D eigenvalue weighted by atomic mass is 14.4.